The Balaban J connectivity index is 1.34. The minimum absolute atomic E-state index is 0.203. The largest absolute Gasteiger partial charge is 0.352 e. The molecule has 3 N–H and O–H groups in total. The third-order valence-electron chi connectivity index (χ3n) is 4.76. The van der Waals surface area contributed by atoms with Crippen molar-refractivity contribution in [3.63, 3.8) is 0 Å². The second kappa shape index (κ2) is 9.21. The summed E-state index contributed by atoms with van der Waals surface area (Å²) in [5.74, 6) is 1.01. The molecule has 2 heterocycles. The molecule has 156 valence electrons. The number of benzene rings is 2. The molecule has 0 spiro atoms. The number of hydrogen-bond donors (Lipinski definition) is 3. The number of carbonyl (C=O) groups excluding carboxylic acids is 1. The van der Waals surface area contributed by atoms with E-state index in [9.17, 15) is 4.79 Å². The SMILES string of the molecule is Cc1ccc(Nc2cc(C)nc(NCCNC(=O)c3nccc4ccccc34)n2)cc1. The van der Waals surface area contributed by atoms with E-state index in [0.29, 0.717) is 30.5 Å². The van der Waals surface area contributed by atoms with Crippen LogP contribution in [0.1, 0.15) is 21.7 Å². The number of nitrogens with one attached hydrogen (secondary N) is 3. The summed E-state index contributed by atoms with van der Waals surface area (Å²) >= 11 is 0. The zero-order valence-electron chi connectivity index (χ0n) is 17.5. The number of nitrogens with zero attached hydrogens (tertiary/aromatic N) is 3. The van der Waals surface area contributed by atoms with Gasteiger partial charge in [-0.2, -0.15) is 4.98 Å². The molecule has 0 saturated carbocycles. The Labute approximate surface area is 181 Å². The molecule has 0 unspecified atom stereocenters. The number of rotatable bonds is 7. The highest BCUT2D eigenvalue weighted by atomic mass is 16.1. The van der Waals surface area contributed by atoms with Gasteiger partial charge < -0.3 is 16.0 Å². The van der Waals surface area contributed by atoms with E-state index in [2.05, 4.69) is 37.8 Å². The first-order chi connectivity index (χ1) is 15.1. The highest BCUT2D eigenvalue weighted by molar-refractivity contribution is 6.05. The normalized spacial score (nSPS) is 10.6. The van der Waals surface area contributed by atoms with Gasteiger partial charge in [0, 0.05) is 42.1 Å². The molecule has 4 rings (SSSR count). The third kappa shape index (κ3) is 5.14. The summed E-state index contributed by atoms with van der Waals surface area (Å²) < 4.78 is 0. The van der Waals surface area contributed by atoms with E-state index in [4.69, 9.17) is 0 Å². The molecule has 7 heteroatoms. The van der Waals surface area contributed by atoms with E-state index in [0.717, 1.165) is 22.2 Å². The molecule has 4 aromatic rings. The van der Waals surface area contributed by atoms with Crippen molar-refractivity contribution in [3.05, 3.63) is 83.8 Å². The Morgan fingerprint density at radius 1 is 0.935 bits per heavy atom. The maximum atomic E-state index is 12.6. The van der Waals surface area contributed by atoms with Crippen molar-refractivity contribution in [2.45, 2.75) is 13.8 Å². The Morgan fingerprint density at radius 3 is 2.58 bits per heavy atom. The lowest BCUT2D eigenvalue weighted by atomic mass is 10.1. The quantitative estimate of drug-likeness (QED) is 0.394. The predicted molar refractivity (Wildman–Crippen MR) is 124 cm³/mol. The van der Waals surface area contributed by atoms with E-state index in [1.54, 1.807) is 6.20 Å². The molecule has 0 bridgehead atoms. The van der Waals surface area contributed by atoms with Gasteiger partial charge in [-0.25, -0.2) is 4.98 Å². The Hall–Kier alpha value is -4.00. The summed E-state index contributed by atoms with van der Waals surface area (Å²) in [6.07, 6.45) is 1.65. The Kier molecular flexibility index (Phi) is 6.03. The van der Waals surface area contributed by atoms with Crippen LogP contribution in [0, 0.1) is 13.8 Å². The van der Waals surface area contributed by atoms with Gasteiger partial charge in [-0.15, -0.1) is 0 Å². The number of pyridine rings is 1. The van der Waals surface area contributed by atoms with Crippen molar-refractivity contribution in [2.75, 3.05) is 23.7 Å². The maximum absolute atomic E-state index is 12.6. The highest BCUT2D eigenvalue weighted by Crippen LogP contribution is 2.18. The molecule has 0 aliphatic carbocycles. The molecule has 0 atom stereocenters. The van der Waals surface area contributed by atoms with Crippen LogP contribution >= 0.6 is 0 Å². The Morgan fingerprint density at radius 2 is 1.74 bits per heavy atom. The van der Waals surface area contributed by atoms with Gasteiger partial charge in [0.05, 0.1) is 0 Å². The summed E-state index contributed by atoms with van der Waals surface area (Å²) in [6, 6.07) is 19.6. The topological polar surface area (TPSA) is 91.8 Å². The number of amides is 1. The van der Waals surface area contributed by atoms with E-state index in [-0.39, 0.29) is 5.91 Å². The fourth-order valence-corrected chi connectivity index (χ4v) is 3.23. The van der Waals surface area contributed by atoms with Crippen molar-refractivity contribution in [1.82, 2.24) is 20.3 Å². The molecule has 31 heavy (non-hydrogen) atoms. The average Bonchev–Trinajstić information content (AvgIpc) is 2.77. The van der Waals surface area contributed by atoms with Crippen LogP contribution in [0.5, 0.6) is 0 Å². The second-order valence-corrected chi connectivity index (χ2v) is 7.27. The molecule has 0 saturated heterocycles. The monoisotopic (exact) mass is 412 g/mol. The molecule has 0 aliphatic heterocycles. The van der Waals surface area contributed by atoms with Gasteiger partial charge >= 0.3 is 0 Å². The van der Waals surface area contributed by atoms with Crippen LogP contribution in [-0.4, -0.2) is 33.9 Å². The first-order valence-corrected chi connectivity index (χ1v) is 10.1. The maximum Gasteiger partial charge on any atom is 0.270 e. The van der Waals surface area contributed by atoms with Crippen molar-refractivity contribution in [3.8, 4) is 0 Å². The molecule has 2 aromatic carbocycles. The van der Waals surface area contributed by atoms with Crippen LogP contribution < -0.4 is 16.0 Å². The van der Waals surface area contributed by atoms with Gasteiger partial charge in [-0.1, -0.05) is 42.0 Å². The predicted octanol–water partition coefficient (Wildman–Crippen LogP) is 4.23. The average molecular weight is 412 g/mol. The lowest BCUT2D eigenvalue weighted by molar-refractivity contribution is 0.0952. The second-order valence-electron chi connectivity index (χ2n) is 7.27. The summed E-state index contributed by atoms with van der Waals surface area (Å²) in [5, 5.41) is 11.2. The standard InChI is InChI=1S/C24H24N6O/c1-16-7-9-19(10-8-16)29-21-15-17(2)28-24(30-21)27-14-13-26-23(31)22-20-6-4-3-5-18(20)11-12-25-22/h3-12,15H,13-14H2,1-2H3,(H,26,31)(H2,27,28,29,30). The van der Waals surface area contributed by atoms with Crippen molar-refractivity contribution < 1.29 is 4.79 Å². The van der Waals surface area contributed by atoms with E-state index in [1.165, 1.54) is 5.56 Å². The van der Waals surface area contributed by atoms with E-state index >= 15 is 0 Å². The number of anilines is 3. The molecular formula is C24H24N6O. The van der Waals surface area contributed by atoms with Crippen LogP contribution in [-0.2, 0) is 0 Å². The zero-order chi connectivity index (χ0) is 21.6. The van der Waals surface area contributed by atoms with Crippen molar-refractivity contribution in [2.24, 2.45) is 0 Å². The minimum Gasteiger partial charge on any atom is -0.352 e. The van der Waals surface area contributed by atoms with Gasteiger partial charge in [0.25, 0.3) is 5.91 Å². The number of aryl methyl sites for hydroxylation is 2. The van der Waals surface area contributed by atoms with Crippen molar-refractivity contribution >= 4 is 34.1 Å². The summed E-state index contributed by atoms with van der Waals surface area (Å²) in [4.78, 5) is 25.7. The fraction of sp³-hybridized carbons (Fsp3) is 0.167. The van der Waals surface area contributed by atoms with E-state index in [1.807, 2.05) is 67.6 Å². The number of aromatic nitrogens is 3. The Bertz CT molecular complexity index is 1200. The van der Waals surface area contributed by atoms with Gasteiger partial charge in [-0.05, 0) is 37.4 Å². The zero-order valence-corrected chi connectivity index (χ0v) is 17.5. The van der Waals surface area contributed by atoms with Crippen LogP contribution in [0.25, 0.3) is 10.8 Å². The lowest BCUT2D eigenvalue weighted by Crippen LogP contribution is -2.29. The number of carbonyl (C=O) groups is 1. The number of fused-ring (bicyclic) bond motifs is 1. The molecule has 0 fully saturated rings. The van der Waals surface area contributed by atoms with Crippen LogP contribution in [0.4, 0.5) is 17.5 Å². The molecule has 1 amide bonds. The number of hydrogen-bond acceptors (Lipinski definition) is 6. The first-order valence-electron chi connectivity index (χ1n) is 10.1. The van der Waals surface area contributed by atoms with Crippen LogP contribution in [0.2, 0.25) is 0 Å². The molecule has 0 radical (unpaired) electrons. The highest BCUT2D eigenvalue weighted by Gasteiger charge is 2.11. The summed E-state index contributed by atoms with van der Waals surface area (Å²) in [6.45, 7) is 4.88. The summed E-state index contributed by atoms with van der Waals surface area (Å²) in [7, 11) is 0. The molecule has 0 aliphatic rings. The van der Waals surface area contributed by atoms with E-state index < -0.39 is 0 Å². The summed E-state index contributed by atoms with van der Waals surface area (Å²) in [5.41, 5.74) is 3.43. The first kappa shape index (κ1) is 20.3. The van der Waals surface area contributed by atoms with Gasteiger partial charge in [0.1, 0.15) is 11.5 Å². The molecule has 7 nitrogen and oxygen atoms in total. The molecule has 2 aromatic heterocycles. The third-order valence-corrected chi connectivity index (χ3v) is 4.76. The van der Waals surface area contributed by atoms with Crippen LogP contribution in [0.15, 0.2) is 66.9 Å². The van der Waals surface area contributed by atoms with Crippen molar-refractivity contribution in [1.29, 1.82) is 0 Å². The van der Waals surface area contributed by atoms with Gasteiger partial charge in [0.15, 0.2) is 0 Å². The van der Waals surface area contributed by atoms with Gasteiger partial charge in [-0.3, -0.25) is 9.78 Å². The fourth-order valence-electron chi connectivity index (χ4n) is 3.23. The smallest absolute Gasteiger partial charge is 0.270 e. The molecular weight excluding hydrogens is 388 g/mol. The van der Waals surface area contributed by atoms with Crippen LogP contribution in [0.3, 0.4) is 0 Å². The minimum atomic E-state index is -0.203. The van der Waals surface area contributed by atoms with Gasteiger partial charge in [0.2, 0.25) is 5.95 Å². The lowest BCUT2D eigenvalue weighted by Gasteiger charge is -2.11.